The molecule has 2 N–H and O–H groups in total. The summed E-state index contributed by atoms with van der Waals surface area (Å²) in [6.45, 7) is 8.27. The molecule has 0 aliphatic heterocycles. The van der Waals surface area contributed by atoms with Gasteiger partial charge in [-0.25, -0.2) is 9.78 Å². The maximum atomic E-state index is 13.9. The van der Waals surface area contributed by atoms with Gasteiger partial charge in [0.05, 0.1) is 22.8 Å². The number of hydrogen-bond acceptors (Lipinski definition) is 10. The van der Waals surface area contributed by atoms with Gasteiger partial charge in [-0.2, -0.15) is 0 Å². The molecule has 2 aromatic carbocycles. The number of aromatic nitrogens is 5. The molecule has 2 amide bonds. The average molecular weight is 664 g/mol. The fourth-order valence-corrected chi connectivity index (χ4v) is 5.07. The van der Waals surface area contributed by atoms with Crippen LogP contribution < -0.4 is 16.2 Å². The van der Waals surface area contributed by atoms with Crippen LogP contribution in [-0.4, -0.2) is 48.6 Å². The highest BCUT2D eigenvalue weighted by molar-refractivity contribution is 5.98. The number of nitrogens with one attached hydrogen (secondary N) is 2. The molecule has 0 saturated heterocycles. The van der Waals surface area contributed by atoms with E-state index in [0.29, 0.717) is 11.3 Å². The fourth-order valence-electron chi connectivity index (χ4n) is 5.07. The van der Waals surface area contributed by atoms with Crippen molar-refractivity contribution in [3.63, 3.8) is 0 Å². The molecule has 0 radical (unpaired) electrons. The number of aryl methyl sites for hydroxylation is 1. The maximum Gasteiger partial charge on any atom is 0.412 e. The minimum Gasteiger partial charge on any atom is -0.444 e. The van der Waals surface area contributed by atoms with Crippen LogP contribution in [0.4, 0.5) is 10.5 Å². The highest BCUT2D eigenvalue weighted by Gasteiger charge is 2.35. The first-order chi connectivity index (χ1) is 23.5. The van der Waals surface area contributed by atoms with E-state index in [4.69, 9.17) is 9.15 Å². The number of rotatable bonds is 12. The molecule has 49 heavy (non-hydrogen) atoms. The van der Waals surface area contributed by atoms with Gasteiger partial charge in [-0.15, -0.1) is 10.2 Å². The molecular formula is C36H37N7O6. The van der Waals surface area contributed by atoms with Gasteiger partial charge in [0.1, 0.15) is 24.7 Å². The smallest absolute Gasteiger partial charge is 0.412 e. The van der Waals surface area contributed by atoms with Crippen LogP contribution in [0, 0.1) is 12.8 Å². The Morgan fingerprint density at radius 3 is 2.27 bits per heavy atom. The number of anilines is 1. The van der Waals surface area contributed by atoms with Gasteiger partial charge in [0.25, 0.3) is 11.4 Å². The van der Waals surface area contributed by atoms with Crippen LogP contribution >= 0.6 is 0 Å². The summed E-state index contributed by atoms with van der Waals surface area (Å²) >= 11 is 0. The number of pyridine rings is 1. The first-order valence-corrected chi connectivity index (χ1v) is 15.7. The number of nitrogens with zero attached hydrogens (tertiary/aromatic N) is 5. The second kappa shape index (κ2) is 14.8. The standard InChI is InChI=1S/C36H37N7O6/c1-22(2)28(30(45)32-41-42-34(49-32)36(4,5)26-18-12-13-19-37-26)39-27(44)20-43-31(25-16-10-7-11-17-25)38-23(3)29(33(43)46)40-35(47)48-21-24-14-8-6-9-15-24/h6-19,22,28H,20-21H2,1-5H3,(H,39,44)(H,40,47)/t28-/m0/s1. The number of benzene rings is 2. The van der Waals surface area contributed by atoms with Crippen LogP contribution in [0.5, 0.6) is 0 Å². The molecule has 0 saturated carbocycles. The van der Waals surface area contributed by atoms with E-state index in [-0.39, 0.29) is 41.5 Å². The number of amides is 2. The Morgan fingerprint density at radius 2 is 1.61 bits per heavy atom. The summed E-state index contributed by atoms with van der Waals surface area (Å²) in [5.41, 5.74) is 0.642. The van der Waals surface area contributed by atoms with Crippen molar-refractivity contribution in [1.82, 2.24) is 30.0 Å². The number of ketones is 1. The number of carbonyl (C=O) groups is 3. The Balaban J connectivity index is 1.38. The van der Waals surface area contributed by atoms with Gasteiger partial charge in [0.2, 0.25) is 17.6 Å². The monoisotopic (exact) mass is 663 g/mol. The molecular weight excluding hydrogens is 626 g/mol. The summed E-state index contributed by atoms with van der Waals surface area (Å²) in [6.07, 6.45) is 0.795. The number of Topliss-reactive ketones (excluding diaryl/α,β-unsaturated/α-hetero) is 1. The third kappa shape index (κ3) is 7.95. The van der Waals surface area contributed by atoms with Crippen LogP contribution in [0.2, 0.25) is 0 Å². The Morgan fingerprint density at radius 1 is 0.939 bits per heavy atom. The SMILES string of the molecule is Cc1nc(-c2ccccc2)n(CC(=O)N[C@H](C(=O)c2nnc(C(C)(C)c3ccccn3)o2)C(C)C)c(=O)c1NC(=O)OCc1ccccc1. The van der Waals surface area contributed by atoms with E-state index in [2.05, 4.69) is 30.8 Å². The molecule has 3 aromatic heterocycles. The van der Waals surface area contributed by atoms with E-state index >= 15 is 0 Å². The van der Waals surface area contributed by atoms with Gasteiger partial charge in [-0.3, -0.25) is 29.3 Å². The summed E-state index contributed by atoms with van der Waals surface area (Å²) < 4.78 is 12.3. The van der Waals surface area contributed by atoms with E-state index in [1.807, 2.05) is 50.2 Å². The van der Waals surface area contributed by atoms with Crippen LogP contribution in [0.15, 0.2) is 94.3 Å². The maximum absolute atomic E-state index is 13.9. The third-order valence-electron chi connectivity index (χ3n) is 7.86. The minimum atomic E-state index is -1.06. The fraction of sp³-hybridized carbons (Fsp3) is 0.278. The molecule has 13 heteroatoms. The van der Waals surface area contributed by atoms with Gasteiger partial charge < -0.3 is 14.5 Å². The number of ether oxygens (including phenoxy) is 1. The van der Waals surface area contributed by atoms with Crippen LogP contribution in [0.25, 0.3) is 11.4 Å². The minimum absolute atomic E-state index is 0.00928. The molecule has 0 bridgehead atoms. The van der Waals surface area contributed by atoms with Crippen LogP contribution in [0.3, 0.4) is 0 Å². The van der Waals surface area contributed by atoms with Crippen LogP contribution in [0.1, 0.15) is 61.2 Å². The Bertz CT molecular complexity index is 1990. The van der Waals surface area contributed by atoms with E-state index in [0.717, 1.165) is 10.1 Å². The quantitative estimate of drug-likeness (QED) is 0.171. The summed E-state index contributed by atoms with van der Waals surface area (Å²) in [6, 6.07) is 22.3. The largest absolute Gasteiger partial charge is 0.444 e. The summed E-state index contributed by atoms with van der Waals surface area (Å²) in [5, 5.41) is 13.3. The topological polar surface area (TPSA) is 171 Å². The van der Waals surface area contributed by atoms with Crippen LogP contribution in [-0.2, 0) is 28.1 Å². The predicted molar refractivity (Wildman–Crippen MR) is 181 cm³/mol. The first-order valence-electron chi connectivity index (χ1n) is 15.7. The lowest BCUT2D eigenvalue weighted by Crippen LogP contribution is -2.47. The summed E-state index contributed by atoms with van der Waals surface area (Å²) in [5.74, 6) is -1.49. The van der Waals surface area contributed by atoms with Gasteiger partial charge in [0, 0.05) is 11.8 Å². The van der Waals surface area contributed by atoms with Gasteiger partial charge in [-0.05, 0) is 44.4 Å². The van der Waals surface area contributed by atoms with Crippen molar-refractivity contribution < 1.29 is 23.5 Å². The second-order valence-electron chi connectivity index (χ2n) is 12.2. The zero-order valence-corrected chi connectivity index (χ0v) is 27.8. The molecule has 13 nitrogen and oxygen atoms in total. The van der Waals surface area contributed by atoms with Crippen molar-refractivity contribution in [3.05, 3.63) is 124 Å². The van der Waals surface area contributed by atoms with E-state index in [1.54, 1.807) is 69.4 Å². The second-order valence-corrected chi connectivity index (χ2v) is 12.2. The highest BCUT2D eigenvalue weighted by atomic mass is 16.5. The molecule has 0 spiro atoms. The Hall–Kier alpha value is -5.98. The van der Waals surface area contributed by atoms with E-state index in [1.165, 1.54) is 0 Å². The average Bonchev–Trinajstić information content (AvgIpc) is 3.62. The van der Waals surface area contributed by atoms with Crippen molar-refractivity contribution in [2.75, 3.05) is 5.32 Å². The van der Waals surface area contributed by atoms with Gasteiger partial charge in [0.15, 0.2) is 0 Å². The first kappa shape index (κ1) is 34.4. The molecule has 5 aromatic rings. The number of carbonyl (C=O) groups excluding carboxylic acids is 3. The van der Waals surface area contributed by atoms with Crippen molar-refractivity contribution in [2.24, 2.45) is 5.92 Å². The van der Waals surface area contributed by atoms with E-state index < -0.39 is 41.3 Å². The van der Waals surface area contributed by atoms with Crippen molar-refractivity contribution >= 4 is 23.5 Å². The Kier molecular flexibility index (Phi) is 10.4. The summed E-state index contributed by atoms with van der Waals surface area (Å²) in [7, 11) is 0. The lowest BCUT2D eigenvalue weighted by molar-refractivity contribution is -0.122. The number of hydrogen-bond donors (Lipinski definition) is 2. The molecule has 3 heterocycles. The van der Waals surface area contributed by atoms with Crippen molar-refractivity contribution in [2.45, 2.75) is 59.2 Å². The van der Waals surface area contributed by atoms with Gasteiger partial charge >= 0.3 is 6.09 Å². The zero-order chi connectivity index (χ0) is 35.1. The van der Waals surface area contributed by atoms with Crippen molar-refractivity contribution in [3.8, 4) is 11.4 Å². The molecule has 1 atom stereocenters. The predicted octanol–water partition coefficient (Wildman–Crippen LogP) is 5.10. The van der Waals surface area contributed by atoms with E-state index in [9.17, 15) is 19.2 Å². The van der Waals surface area contributed by atoms with Gasteiger partial charge in [-0.1, -0.05) is 80.6 Å². The summed E-state index contributed by atoms with van der Waals surface area (Å²) in [4.78, 5) is 62.8. The van der Waals surface area contributed by atoms with Crippen molar-refractivity contribution in [1.29, 1.82) is 0 Å². The molecule has 0 aliphatic carbocycles. The zero-order valence-electron chi connectivity index (χ0n) is 27.8. The Labute approximate surface area is 282 Å². The molecule has 0 aliphatic rings. The lowest BCUT2D eigenvalue weighted by Gasteiger charge is -2.21. The molecule has 5 rings (SSSR count). The molecule has 0 fully saturated rings. The molecule has 0 unspecified atom stereocenters. The molecule has 252 valence electrons. The normalized spacial score (nSPS) is 12.0. The third-order valence-corrected chi connectivity index (χ3v) is 7.86. The highest BCUT2D eigenvalue weighted by Crippen LogP contribution is 2.29. The lowest BCUT2D eigenvalue weighted by atomic mass is 9.89.